The predicted molar refractivity (Wildman–Crippen MR) is 156 cm³/mol. The molecular weight excluding hydrogens is 520 g/mol. The third-order valence-corrected chi connectivity index (χ3v) is 8.08. The lowest BCUT2D eigenvalue weighted by molar-refractivity contribution is 0.306. The van der Waals surface area contributed by atoms with E-state index in [1.54, 1.807) is 16.7 Å². The van der Waals surface area contributed by atoms with Gasteiger partial charge < -0.3 is 10.5 Å². The second-order valence-corrected chi connectivity index (χ2v) is 11.9. The van der Waals surface area contributed by atoms with Crippen molar-refractivity contribution in [2.75, 3.05) is 0 Å². The highest BCUT2D eigenvalue weighted by Crippen LogP contribution is 2.27. The third-order valence-electron chi connectivity index (χ3n) is 6.55. The minimum atomic E-state index is -3.87. The first kappa shape index (κ1) is 27.3. The molecule has 7 nitrogen and oxygen atoms in total. The quantitative estimate of drug-likeness (QED) is 0.239. The lowest BCUT2D eigenvalue weighted by Gasteiger charge is -2.16. The largest absolute Gasteiger partial charge is 0.489 e. The number of ether oxygens (including phenoxy) is 1. The van der Waals surface area contributed by atoms with Crippen molar-refractivity contribution in [3.8, 4) is 11.4 Å². The molecule has 1 aromatic heterocycles. The van der Waals surface area contributed by atoms with Gasteiger partial charge in [-0.25, -0.2) is 8.42 Å². The molecule has 5 aromatic rings. The summed E-state index contributed by atoms with van der Waals surface area (Å²) in [6.07, 6.45) is 0.481. The molecular formula is C32H32N4O3S. The Labute approximate surface area is 235 Å². The minimum absolute atomic E-state index is 0.136. The van der Waals surface area contributed by atoms with Gasteiger partial charge in [-0.1, -0.05) is 90.0 Å². The van der Waals surface area contributed by atoms with Crippen molar-refractivity contribution in [2.24, 2.45) is 5.73 Å². The normalized spacial score (nSPS) is 12.3. The van der Waals surface area contributed by atoms with Gasteiger partial charge in [0.25, 0.3) is 5.16 Å². The van der Waals surface area contributed by atoms with Crippen LogP contribution in [0.25, 0.3) is 5.69 Å². The molecule has 0 spiro atoms. The molecule has 5 rings (SSSR count). The summed E-state index contributed by atoms with van der Waals surface area (Å²) >= 11 is 0. The molecule has 8 heteroatoms. The van der Waals surface area contributed by atoms with E-state index in [9.17, 15) is 8.42 Å². The van der Waals surface area contributed by atoms with Crippen molar-refractivity contribution in [3.63, 3.8) is 0 Å². The number of aromatic nitrogens is 3. The van der Waals surface area contributed by atoms with E-state index in [-0.39, 0.29) is 10.9 Å². The molecule has 0 saturated carbocycles. The third kappa shape index (κ3) is 6.47. The number of hydrogen-bond acceptors (Lipinski definition) is 6. The van der Waals surface area contributed by atoms with Crippen molar-refractivity contribution >= 4 is 9.84 Å². The molecule has 2 N–H and O–H groups in total. The van der Waals surface area contributed by atoms with Crippen molar-refractivity contribution in [3.05, 3.63) is 137 Å². The van der Waals surface area contributed by atoms with E-state index in [0.29, 0.717) is 35.9 Å². The summed E-state index contributed by atoms with van der Waals surface area (Å²) in [5.41, 5.74) is 12.0. The molecule has 0 amide bonds. The van der Waals surface area contributed by atoms with Crippen molar-refractivity contribution in [1.82, 2.24) is 14.8 Å². The molecule has 1 atom stereocenters. The number of nitrogens with two attached hydrogens (primary N) is 1. The first-order chi connectivity index (χ1) is 19.3. The SMILES string of the molecule is Cc1cc(C)cc(CS(=O)(=O)c2nnc([C@@H](N)Cc3ccccc3)n2-c2ccc(OCc3ccccc3)cc2)c1. The monoisotopic (exact) mass is 552 g/mol. The van der Waals surface area contributed by atoms with Gasteiger partial charge in [-0.15, -0.1) is 10.2 Å². The van der Waals surface area contributed by atoms with Crippen LogP contribution in [0.5, 0.6) is 5.75 Å². The number of nitrogens with zero attached hydrogens (tertiary/aromatic N) is 3. The summed E-state index contributed by atoms with van der Waals surface area (Å²) in [5.74, 6) is 0.844. The zero-order valence-corrected chi connectivity index (χ0v) is 23.4. The molecule has 0 unspecified atom stereocenters. The van der Waals surface area contributed by atoms with Crippen LogP contribution in [0.2, 0.25) is 0 Å². The van der Waals surface area contributed by atoms with Gasteiger partial charge in [-0.2, -0.15) is 0 Å². The van der Waals surface area contributed by atoms with Gasteiger partial charge >= 0.3 is 0 Å². The lowest BCUT2D eigenvalue weighted by atomic mass is 10.1. The van der Waals surface area contributed by atoms with Crippen LogP contribution in [0.4, 0.5) is 0 Å². The Morgan fingerprint density at radius 2 is 1.38 bits per heavy atom. The zero-order valence-electron chi connectivity index (χ0n) is 22.6. The van der Waals surface area contributed by atoms with Crippen LogP contribution >= 0.6 is 0 Å². The highest BCUT2D eigenvalue weighted by molar-refractivity contribution is 7.90. The van der Waals surface area contributed by atoms with Crippen LogP contribution in [0.3, 0.4) is 0 Å². The first-order valence-electron chi connectivity index (χ1n) is 13.1. The zero-order chi connectivity index (χ0) is 28.1. The Balaban J connectivity index is 1.49. The number of benzene rings is 4. The number of rotatable bonds is 10. The molecule has 0 aliphatic rings. The van der Waals surface area contributed by atoms with Crippen LogP contribution in [0.15, 0.2) is 108 Å². The van der Waals surface area contributed by atoms with Gasteiger partial charge in [0.05, 0.1) is 11.8 Å². The van der Waals surface area contributed by atoms with Gasteiger partial charge in [0.15, 0.2) is 5.82 Å². The number of sulfone groups is 1. The molecule has 204 valence electrons. The van der Waals surface area contributed by atoms with Gasteiger partial charge in [-0.3, -0.25) is 4.57 Å². The van der Waals surface area contributed by atoms with E-state index in [4.69, 9.17) is 10.5 Å². The molecule has 0 saturated heterocycles. The Kier molecular flexibility index (Phi) is 8.09. The van der Waals surface area contributed by atoms with Crippen LogP contribution in [-0.4, -0.2) is 23.2 Å². The first-order valence-corrected chi connectivity index (χ1v) is 14.8. The smallest absolute Gasteiger partial charge is 0.254 e. The van der Waals surface area contributed by atoms with Gasteiger partial charge in [0, 0.05) is 5.69 Å². The van der Waals surface area contributed by atoms with Gasteiger partial charge in [-0.05, 0) is 61.2 Å². The maximum absolute atomic E-state index is 13.8. The minimum Gasteiger partial charge on any atom is -0.489 e. The Morgan fingerprint density at radius 3 is 2.00 bits per heavy atom. The van der Waals surface area contributed by atoms with Crippen molar-refractivity contribution in [1.29, 1.82) is 0 Å². The fraction of sp³-hybridized carbons (Fsp3) is 0.188. The second kappa shape index (κ2) is 11.9. The van der Waals surface area contributed by atoms with E-state index in [1.807, 2.05) is 105 Å². The van der Waals surface area contributed by atoms with E-state index in [1.165, 1.54) is 0 Å². The highest BCUT2D eigenvalue weighted by Gasteiger charge is 2.29. The summed E-state index contributed by atoms with van der Waals surface area (Å²) in [7, 11) is -3.87. The second-order valence-electron chi connectivity index (χ2n) is 10.00. The molecule has 1 heterocycles. The Morgan fingerprint density at radius 1 is 0.775 bits per heavy atom. The van der Waals surface area contributed by atoms with Crippen molar-refractivity contribution < 1.29 is 13.2 Å². The van der Waals surface area contributed by atoms with Gasteiger partial charge in [0.1, 0.15) is 12.4 Å². The molecule has 40 heavy (non-hydrogen) atoms. The molecule has 0 aliphatic heterocycles. The molecule has 4 aromatic carbocycles. The average molecular weight is 553 g/mol. The maximum Gasteiger partial charge on any atom is 0.254 e. The topological polar surface area (TPSA) is 100 Å². The standard InChI is InChI=1S/C32H32N4O3S/c1-23-17-24(2)19-27(18-23)22-40(37,38)32-35-34-31(30(33)20-25-9-5-3-6-10-25)36(32)28-13-15-29(16-14-28)39-21-26-11-7-4-8-12-26/h3-19,30H,20-22,33H2,1-2H3/t30-/m0/s1. The van der Waals surface area contributed by atoms with E-state index < -0.39 is 15.9 Å². The maximum atomic E-state index is 13.8. The number of aryl methyl sites for hydroxylation is 2. The summed E-state index contributed by atoms with van der Waals surface area (Å²) in [6.45, 7) is 4.33. The summed E-state index contributed by atoms with van der Waals surface area (Å²) in [6, 6.07) is 32.1. The molecule has 0 radical (unpaired) electrons. The van der Waals surface area contributed by atoms with Crippen LogP contribution in [-0.2, 0) is 28.6 Å². The van der Waals surface area contributed by atoms with Crippen LogP contribution < -0.4 is 10.5 Å². The summed E-state index contributed by atoms with van der Waals surface area (Å²) in [4.78, 5) is 0. The highest BCUT2D eigenvalue weighted by atomic mass is 32.2. The molecule has 0 bridgehead atoms. The molecule has 0 aliphatic carbocycles. The average Bonchev–Trinajstić information content (AvgIpc) is 3.39. The van der Waals surface area contributed by atoms with E-state index >= 15 is 0 Å². The fourth-order valence-electron chi connectivity index (χ4n) is 4.79. The Bertz CT molecular complexity index is 1660. The fourth-order valence-corrected chi connectivity index (χ4v) is 6.17. The lowest BCUT2D eigenvalue weighted by Crippen LogP contribution is -2.20. The predicted octanol–water partition coefficient (Wildman–Crippen LogP) is 5.68. The van der Waals surface area contributed by atoms with E-state index in [2.05, 4.69) is 10.2 Å². The Hall–Kier alpha value is -4.27. The molecule has 0 fully saturated rings. The number of hydrogen-bond donors (Lipinski definition) is 1. The van der Waals surface area contributed by atoms with Gasteiger partial charge in [0.2, 0.25) is 9.84 Å². The van der Waals surface area contributed by atoms with E-state index in [0.717, 1.165) is 22.3 Å². The summed E-state index contributed by atoms with van der Waals surface area (Å²) in [5, 5.41) is 8.35. The van der Waals surface area contributed by atoms with Crippen LogP contribution in [0.1, 0.15) is 39.7 Å². The van der Waals surface area contributed by atoms with Crippen LogP contribution in [0, 0.1) is 13.8 Å². The van der Waals surface area contributed by atoms with Crippen molar-refractivity contribution in [2.45, 2.75) is 43.8 Å². The summed E-state index contributed by atoms with van der Waals surface area (Å²) < 4.78 is 35.0.